The van der Waals surface area contributed by atoms with E-state index in [4.69, 9.17) is 9.47 Å². The zero-order valence-electron chi connectivity index (χ0n) is 24.9. The van der Waals surface area contributed by atoms with Gasteiger partial charge in [-0.15, -0.1) is 0 Å². The number of methoxy groups -OCH3 is 2. The van der Waals surface area contributed by atoms with Gasteiger partial charge in [0.15, 0.2) is 11.5 Å². The summed E-state index contributed by atoms with van der Waals surface area (Å²) in [5.41, 5.74) is 2.39. The van der Waals surface area contributed by atoms with Crippen LogP contribution in [0.4, 0.5) is 11.4 Å². The van der Waals surface area contributed by atoms with Gasteiger partial charge in [0.05, 0.1) is 25.6 Å². The van der Waals surface area contributed by atoms with E-state index in [0.717, 1.165) is 25.2 Å². The molecule has 2 aromatic rings. The van der Waals surface area contributed by atoms with Crippen LogP contribution < -0.4 is 25.0 Å². The summed E-state index contributed by atoms with van der Waals surface area (Å²) in [4.78, 5) is 45.4. The zero-order chi connectivity index (χ0) is 29.6. The van der Waals surface area contributed by atoms with Crippen molar-refractivity contribution in [1.82, 2.24) is 15.1 Å². The van der Waals surface area contributed by atoms with E-state index < -0.39 is 0 Å². The van der Waals surface area contributed by atoms with Gasteiger partial charge in [0.25, 0.3) is 11.8 Å². The minimum atomic E-state index is -0.174. The maximum Gasteiger partial charge on any atom is 0.254 e. The number of carbonyl (C=O) groups excluding carboxylic acids is 3. The van der Waals surface area contributed by atoms with Gasteiger partial charge in [-0.1, -0.05) is 20.8 Å². The molecule has 0 saturated carbocycles. The van der Waals surface area contributed by atoms with E-state index in [0.29, 0.717) is 74.0 Å². The number of carbonyl (C=O) groups is 3. The third-order valence-electron chi connectivity index (χ3n) is 7.37. The highest BCUT2D eigenvalue weighted by Crippen LogP contribution is 2.31. The van der Waals surface area contributed by atoms with E-state index in [2.05, 4.69) is 15.5 Å². The van der Waals surface area contributed by atoms with Crippen LogP contribution in [-0.2, 0) is 4.79 Å². The Hall–Kier alpha value is -3.79. The molecule has 2 heterocycles. The summed E-state index contributed by atoms with van der Waals surface area (Å²) in [6.07, 6.45) is 1.27. The maximum absolute atomic E-state index is 13.4. The van der Waals surface area contributed by atoms with Crippen molar-refractivity contribution in [2.75, 3.05) is 76.8 Å². The summed E-state index contributed by atoms with van der Waals surface area (Å²) in [7, 11) is 3.11. The summed E-state index contributed by atoms with van der Waals surface area (Å²) in [5.74, 6) is 0.890. The monoisotopic (exact) mass is 565 g/mol. The standard InChI is InChI=1S/C31H43N5O5/c1-31(2,3)21-28(37)33-24-19-22(29(38)35-13-6-11-32-12-14-35)7-9-25(24)34-15-17-36(18-16-34)30(39)23-8-10-26(40-4)27(20-23)41-5/h7-10,19-20,32H,6,11-18,21H2,1-5H3,(H,33,37). The first-order valence-electron chi connectivity index (χ1n) is 14.3. The molecule has 0 unspecified atom stereocenters. The van der Waals surface area contributed by atoms with Gasteiger partial charge in [-0.3, -0.25) is 14.4 Å². The number of piperazine rings is 1. The van der Waals surface area contributed by atoms with Crippen LogP contribution in [0.2, 0.25) is 0 Å². The molecule has 4 rings (SSSR count). The van der Waals surface area contributed by atoms with Crippen LogP contribution in [0.1, 0.15) is 54.3 Å². The van der Waals surface area contributed by atoms with Crippen LogP contribution >= 0.6 is 0 Å². The van der Waals surface area contributed by atoms with Gasteiger partial charge in [-0.05, 0) is 54.8 Å². The zero-order valence-corrected chi connectivity index (χ0v) is 24.9. The van der Waals surface area contributed by atoms with Gasteiger partial charge in [0.1, 0.15) is 0 Å². The van der Waals surface area contributed by atoms with E-state index in [-0.39, 0.29) is 23.1 Å². The lowest BCUT2D eigenvalue weighted by Crippen LogP contribution is -2.49. The number of nitrogens with one attached hydrogen (secondary N) is 2. The number of benzene rings is 2. The predicted molar refractivity (Wildman–Crippen MR) is 160 cm³/mol. The summed E-state index contributed by atoms with van der Waals surface area (Å²) in [6, 6.07) is 10.7. The van der Waals surface area contributed by atoms with Crippen molar-refractivity contribution in [2.45, 2.75) is 33.6 Å². The first kappa shape index (κ1) is 30.2. The molecule has 2 saturated heterocycles. The van der Waals surface area contributed by atoms with Crippen molar-refractivity contribution in [2.24, 2.45) is 5.41 Å². The number of rotatable bonds is 7. The fraction of sp³-hybridized carbons (Fsp3) is 0.516. The minimum Gasteiger partial charge on any atom is -0.493 e. The van der Waals surface area contributed by atoms with Crippen molar-refractivity contribution in [3.8, 4) is 11.5 Å². The highest BCUT2D eigenvalue weighted by molar-refractivity contribution is 6.00. The molecule has 0 radical (unpaired) electrons. The molecule has 0 aliphatic carbocycles. The lowest BCUT2D eigenvalue weighted by Gasteiger charge is -2.37. The predicted octanol–water partition coefficient (Wildman–Crippen LogP) is 3.48. The second-order valence-electron chi connectivity index (χ2n) is 11.8. The van der Waals surface area contributed by atoms with Gasteiger partial charge in [0.2, 0.25) is 5.91 Å². The molecule has 41 heavy (non-hydrogen) atoms. The van der Waals surface area contributed by atoms with E-state index in [9.17, 15) is 14.4 Å². The van der Waals surface area contributed by atoms with Crippen molar-refractivity contribution in [3.05, 3.63) is 47.5 Å². The van der Waals surface area contributed by atoms with E-state index in [1.807, 2.05) is 42.7 Å². The number of hydrogen-bond donors (Lipinski definition) is 2. The third kappa shape index (κ3) is 7.70. The largest absolute Gasteiger partial charge is 0.493 e. The molecular weight excluding hydrogens is 522 g/mol. The molecule has 10 nitrogen and oxygen atoms in total. The Morgan fingerprint density at radius 2 is 1.44 bits per heavy atom. The molecule has 2 aliphatic heterocycles. The van der Waals surface area contributed by atoms with Crippen LogP contribution in [0, 0.1) is 5.41 Å². The van der Waals surface area contributed by atoms with Gasteiger partial charge < -0.3 is 34.8 Å². The highest BCUT2D eigenvalue weighted by atomic mass is 16.5. The van der Waals surface area contributed by atoms with E-state index >= 15 is 0 Å². The molecule has 2 aromatic carbocycles. The molecule has 2 N–H and O–H groups in total. The van der Waals surface area contributed by atoms with Crippen LogP contribution in [0.5, 0.6) is 11.5 Å². The summed E-state index contributed by atoms with van der Waals surface area (Å²) >= 11 is 0. The number of anilines is 2. The Kier molecular flexibility index (Phi) is 9.75. The van der Waals surface area contributed by atoms with Crippen molar-refractivity contribution in [1.29, 1.82) is 0 Å². The number of nitrogens with zero attached hydrogens (tertiary/aromatic N) is 3. The Morgan fingerprint density at radius 1 is 0.805 bits per heavy atom. The van der Waals surface area contributed by atoms with Crippen LogP contribution in [-0.4, -0.2) is 94.1 Å². The van der Waals surface area contributed by atoms with Gasteiger partial charge in [-0.2, -0.15) is 0 Å². The minimum absolute atomic E-state index is 0.0306. The average molecular weight is 566 g/mol. The molecule has 10 heteroatoms. The molecule has 0 spiro atoms. The van der Waals surface area contributed by atoms with Gasteiger partial charge in [0, 0.05) is 63.4 Å². The summed E-state index contributed by atoms with van der Waals surface area (Å²) in [6.45, 7) is 11.3. The van der Waals surface area contributed by atoms with Crippen molar-refractivity contribution >= 4 is 29.1 Å². The molecule has 0 bridgehead atoms. The second kappa shape index (κ2) is 13.2. The van der Waals surface area contributed by atoms with Gasteiger partial charge >= 0.3 is 0 Å². The SMILES string of the molecule is COc1ccc(C(=O)N2CCN(c3ccc(C(=O)N4CCCNCC4)cc3NC(=O)CC(C)(C)C)CC2)cc1OC. The van der Waals surface area contributed by atoms with Gasteiger partial charge in [-0.25, -0.2) is 0 Å². The average Bonchev–Trinajstić information content (AvgIpc) is 3.25. The van der Waals surface area contributed by atoms with E-state index in [1.165, 1.54) is 0 Å². The Bertz CT molecular complexity index is 1240. The Balaban J connectivity index is 1.51. The molecule has 3 amide bonds. The third-order valence-corrected chi connectivity index (χ3v) is 7.37. The van der Waals surface area contributed by atoms with Crippen molar-refractivity contribution in [3.63, 3.8) is 0 Å². The highest BCUT2D eigenvalue weighted by Gasteiger charge is 2.27. The number of ether oxygens (including phenoxy) is 2. The lowest BCUT2D eigenvalue weighted by atomic mass is 9.92. The fourth-order valence-electron chi connectivity index (χ4n) is 5.25. The quantitative estimate of drug-likeness (QED) is 0.530. The topological polar surface area (TPSA) is 103 Å². The van der Waals surface area contributed by atoms with E-state index in [1.54, 1.807) is 38.5 Å². The molecule has 2 aliphatic rings. The normalized spacial score (nSPS) is 16.2. The lowest BCUT2D eigenvalue weighted by molar-refractivity contribution is -0.117. The smallest absolute Gasteiger partial charge is 0.254 e. The molecule has 0 aromatic heterocycles. The molecule has 2 fully saturated rings. The molecule has 0 atom stereocenters. The van der Waals surface area contributed by atoms with Crippen molar-refractivity contribution < 1.29 is 23.9 Å². The second-order valence-corrected chi connectivity index (χ2v) is 11.8. The number of amides is 3. The summed E-state index contributed by atoms with van der Waals surface area (Å²) in [5, 5.41) is 6.42. The first-order chi connectivity index (χ1) is 19.6. The van der Waals surface area contributed by atoms with Crippen LogP contribution in [0.15, 0.2) is 36.4 Å². The van der Waals surface area contributed by atoms with Crippen LogP contribution in [0.3, 0.4) is 0 Å². The molecular formula is C31H43N5O5. The maximum atomic E-state index is 13.4. The fourth-order valence-corrected chi connectivity index (χ4v) is 5.25. The van der Waals surface area contributed by atoms with Crippen LogP contribution in [0.25, 0.3) is 0 Å². The first-order valence-corrected chi connectivity index (χ1v) is 14.3. The Morgan fingerprint density at radius 3 is 2.10 bits per heavy atom. The molecule has 222 valence electrons. The summed E-state index contributed by atoms with van der Waals surface area (Å²) < 4.78 is 10.7. The Labute approximate surface area is 243 Å². The number of hydrogen-bond acceptors (Lipinski definition) is 7.